The molecule has 0 spiro atoms. The van der Waals surface area contributed by atoms with Crippen LogP contribution in [0, 0.1) is 0 Å². The van der Waals surface area contributed by atoms with Gasteiger partial charge in [-0.25, -0.2) is 0 Å². The molecule has 3 nitrogen and oxygen atoms in total. The molecule has 0 bridgehead atoms. The van der Waals surface area contributed by atoms with Crippen molar-refractivity contribution >= 4 is 17.4 Å². The molecular weight excluding hydrogens is 272 g/mol. The monoisotopic (exact) mass is 284 g/mol. The lowest BCUT2D eigenvalue weighted by atomic mass is 9.93. The van der Waals surface area contributed by atoms with E-state index in [2.05, 4.69) is 4.99 Å². The molecule has 0 aliphatic carbocycles. The van der Waals surface area contributed by atoms with Gasteiger partial charge < -0.3 is 10.0 Å². The van der Waals surface area contributed by atoms with Crippen LogP contribution in [0.1, 0.15) is 16.7 Å². The third-order valence-electron chi connectivity index (χ3n) is 4.01. The van der Waals surface area contributed by atoms with E-state index in [0.29, 0.717) is 18.1 Å². The van der Waals surface area contributed by atoms with Crippen molar-refractivity contribution in [1.29, 1.82) is 0 Å². The molecule has 2 heterocycles. The van der Waals surface area contributed by atoms with Crippen molar-refractivity contribution in [3.05, 3.63) is 70.2 Å². The Hall–Kier alpha value is -1.84. The first-order valence-electron chi connectivity index (χ1n) is 6.61. The highest BCUT2D eigenvalue weighted by Crippen LogP contribution is 2.44. The van der Waals surface area contributed by atoms with E-state index in [4.69, 9.17) is 11.6 Å². The molecule has 0 saturated carbocycles. The number of aliphatic hydroxyl groups is 1. The Kier molecular flexibility index (Phi) is 2.43. The fourth-order valence-electron chi connectivity index (χ4n) is 3.12. The van der Waals surface area contributed by atoms with Crippen molar-refractivity contribution in [3.63, 3.8) is 0 Å². The minimum atomic E-state index is -1.17. The Balaban J connectivity index is 2.01. The normalized spacial score (nSPS) is 23.5. The summed E-state index contributed by atoms with van der Waals surface area (Å²) in [6, 6.07) is 15.3. The zero-order valence-electron chi connectivity index (χ0n) is 10.8. The van der Waals surface area contributed by atoms with E-state index in [9.17, 15) is 5.11 Å². The molecule has 4 heteroatoms. The summed E-state index contributed by atoms with van der Waals surface area (Å²) in [5.74, 6) is 0.864. The van der Waals surface area contributed by atoms with Crippen molar-refractivity contribution in [2.75, 3.05) is 13.1 Å². The topological polar surface area (TPSA) is 35.8 Å². The van der Waals surface area contributed by atoms with Gasteiger partial charge in [-0.2, -0.15) is 0 Å². The third-order valence-corrected chi connectivity index (χ3v) is 4.24. The van der Waals surface area contributed by atoms with Crippen LogP contribution in [0.3, 0.4) is 0 Å². The summed E-state index contributed by atoms with van der Waals surface area (Å²) in [4.78, 5) is 6.49. The predicted molar refractivity (Wildman–Crippen MR) is 79.0 cm³/mol. The number of hydrogen-bond acceptors (Lipinski definition) is 3. The van der Waals surface area contributed by atoms with Gasteiger partial charge in [-0.3, -0.25) is 4.99 Å². The van der Waals surface area contributed by atoms with E-state index >= 15 is 0 Å². The summed E-state index contributed by atoms with van der Waals surface area (Å²) in [6.45, 7) is 1.43. The fourth-order valence-corrected chi connectivity index (χ4v) is 3.29. The Morgan fingerprint density at radius 2 is 1.95 bits per heavy atom. The fraction of sp³-hybridized carbons (Fsp3) is 0.188. The van der Waals surface area contributed by atoms with Gasteiger partial charge in [-0.15, -0.1) is 0 Å². The van der Waals surface area contributed by atoms with Crippen LogP contribution in [0.15, 0.2) is 53.5 Å². The summed E-state index contributed by atoms with van der Waals surface area (Å²) >= 11 is 6.13. The highest BCUT2D eigenvalue weighted by Gasteiger charge is 2.49. The van der Waals surface area contributed by atoms with E-state index in [-0.39, 0.29) is 0 Å². The molecule has 20 heavy (non-hydrogen) atoms. The van der Waals surface area contributed by atoms with Crippen LogP contribution in [-0.4, -0.2) is 28.9 Å². The second-order valence-corrected chi connectivity index (χ2v) is 5.52. The standard InChI is InChI=1S/C16H13ClN2O/c17-12-6-7-13-14(10-12)16(20,11-4-2-1-3-5-11)19-9-8-18-15(13)19/h1-7,10,20H,8-9H2/t16-/m0/s1. The summed E-state index contributed by atoms with van der Waals surface area (Å²) in [6.07, 6.45) is 0. The number of hydrogen-bond donors (Lipinski definition) is 1. The molecule has 100 valence electrons. The zero-order chi connectivity index (χ0) is 13.7. The van der Waals surface area contributed by atoms with Crippen molar-refractivity contribution in [1.82, 2.24) is 4.90 Å². The molecule has 0 fully saturated rings. The largest absolute Gasteiger partial charge is 0.363 e. The molecule has 0 radical (unpaired) electrons. The second kappa shape index (κ2) is 4.08. The molecule has 2 aromatic rings. The van der Waals surface area contributed by atoms with Gasteiger partial charge in [0, 0.05) is 28.3 Å². The number of amidine groups is 1. The van der Waals surface area contributed by atoms with Gasteiger partial charge in [0.25, 0.3) is 0 Å². The molecule has 0 amide bonds. The maximum atomic E-state index is 11.4. The van der Waals surface area contributed by atoms with E-state index in [0.717, 1.165) is 22.5 Å². The lowest BCUT2D eigenvalue weighted by Crippen LogP contribution is -2.43. The maximum absolute atomic E-state index is 11.4. The summed E-state index contributed by atoms with van der Waals surface area (Å²) in [5.41, 5.74) is 1.46. The number of aliphatic imine (C=N–C) groups is 1. The maximum Gasteiger partial charge on any atom is 0.193 e. The molecule has 1 atom stereocenters. The smallest absolute Gasteiger partial charge is 0.193 e. The summed E-state index contributed by atoms with van der Waals surface area (Å²) in [5, 5.41) is 12.0. The van der Waals surface area contributed by atoms with Crippen molar-refractivity contribution in [2.24, 2.45) is 4.99 Å². The number of nitrogens with zero attached hydrogens (tertiary/aromatic N) is 2. The van der Waals surface area contributed by atoms with Gasteiger partial charge in [0.2, 0.25) is 0 Å². The first-order chi connectivity index (χ1) is 9.71. The van der Waals surface area contributed by atoms with Gasteiger partial charge in [-0.1, -0.05) is 41.9 Å². The molecule has 2 aliphatic rings. The molecule has 0 aromatic heterocycles. The number of rotatable bonds is 1. The van der Waals surface area contributed by atoms with Gasteiger partial charge in [0.1, 0.15) is 5.84 Å². The first-order valence-corrected chi connectivity index (χ1v) is 6.99. The van der Waals surface area contributed by atoms with E-state index in [1.54, 1.807) is 0 Å². The quantitative estimate of drug-likeness (QED) is 0.874. The van der Waals surface area contributed by atoms with E-state index in [1.165, 1.54) is 0 Å². The Morgan fingerprint density at radius 3 is 2.75 bits per heavy atom. The molecule has 0 unspecified atom stereocenters. The highest BCUT2D eigenvalue weighted by atomic mass is 35.5. The lowest BCUT2D eigenvalue weighted by Gasteiger charge is -2.33. The van der Waals surface area contributed by atoms with Crippen molar-refractivity contribution in [3.8, 4) is 0 Å². The van der Waals surface area contributed by atoms with Crippen LogP contribution in [0.2, 0.25) is 5.02 Å². The van der Waals surface area contributed by atoms with Crippen molar-refractivity contribution in [2.45, 2.75) is 5.72 Å². The minimum Gasteiger partial charge on any atom is -0.363 e. The van der Waals surface area contributed by atoms with Crippen LogP contribution in [0.5, 0.6) is 0 Å². The number of halogens is 1. The van der Waals surface area contributed by atoms with Gasteiger partial charge in [0.05, 0.1) is 6.54 Å². The van der Waals surface area contributed by atoms with E-state index in [1.807, 2.05) is 53.4 Å². The van der Waals surface area contributed by atoms with Crippen LogP contribution in [0.4, 0.5) is 0 Å². The van der Waals surface area contributed by atoms with E-state index < -0.39 is 5.72 Å². The molecular formula is C16H13ClN2O. The van der Waals surface area contributed by atoms with Gasteiger partial charge >= 0.3 is 0 Å². The summed E-state index contributed by atoms with van der Waals surface area (Å²) < 4.78 is 0. The van der Waals surface area contributed by atoms with Crippen LogP contribution in [0.25, 0.3) is 0 Å². The molecule has 2 aromatic carbocycles. The first kappa shape index (κ1) is 11.9. The Morgan fingerprint density at radius 1 is 1.15 bits per heavy atom. The minimum absolute atomic E-state index is 0.625. The molecule has 2 aliphatic heterocycles. The lowest BCUT2D eigenvalue weighted by molar-refractivity contribution is -0.0242. The van der Waals surface area contributed by atoms with Gasteiger partial charge in [-0.05, 0) is 18.2 Å². The molecule has 1 N–H and O–H groups in total. The number of fused-ring (bicyclic) bond motifs is 3. The molecule has 0 saturated heterocycles. The second-order valence-electron chi connectivity index (χ2n) is 5.09. The Labute approximate surface area is 122 Å². The van der Waals surface area contributed by atoms with Gasteiger partial charge in [0.15, 0.2) is 5.72 Å². The van der Waals surface area contributed by atoms with Crippen LogP contribution < -0.4 is 0 Å². The highest BCUT2D eigenvalue weighted by molar-refractivity contribution is 6.30. The predicted octanol–water partition coefficient (Wildman–Crippen LogP) is 2.61. The van der Waals surface area contributed by atoms with Crippen molar-refractivity contribution < 1.29 is 5.11 Å². The van der Waals surface area contributed by atoms with Crippen LogP contribution in [-0.2, 0) is 5.72 Å². The number of benzene rings is 2. The zero-order valence-corrected chi connectivity index (χ0v) is 11.5. The SMILES string of the molecule is O[C@@]1(c2ccccc2)c2cc(Cl)ccc2C2=NCCN21. The molecule has 4 rings (SSSR count). The third kappa shape index (κ3) is 1.42. The Bertz CT molecular complexity index is 714. The van der Waals surface area contributed by atoms with Crippen LogP contribution >= 0.6 is 11.6 Å². The average Bonchev–Trinajstić information content (AvgIpc) is 3.04. The average molecular weight is 285 g/mol. The summed E-state index contributed by atoms with van der Waals surface area (Å²) in [7, 11) is 0.